The molecule has 2 aromatic carbocycles. The van der Waals surface area contributed by atoms with E-state index in [2.05, 4.69) is 26.7 Å². The quantitative estimate of drug-likeness (QED) is 0.684. The molecule has 27 heavy (non-hydrogen) atoms. The average molecular weight is 360 g/mol. The van der Waals surface area contributed by atoms with Gasteiger partial charge in [-0.2, -0.15) is 0 Å². The number of carbonyl (C=O) groups excluding carboxylic acids is 1. The van der Waals surface area contributed by atoms with E-state index in [4.69, 9.17) is 0 Å². The van der Waals surface area contributed by atoms with Crippen LogP contribution in [0.15, 0.2) is 54.6 Å². The first kappa shape index (κ1) is 18.6. The van der Waals surface area contributed by atoms with Crippen LogP contribution in [0.1, 0.15) is 45.8 Å². The minimum absolute atomic E-state index is 0.0309. The van der Waals surface area contributed by atoms with Crippen LogP contribution in [0.4, 0.5) is 11.6 Å². The van der Waals surface area contributed by atoms with E-state index in [0.29, 0.717) is 11.6 Å². The van der Waals surface area contributed by atoms with Gasteiger partial charge in [-0.1, -0.05) is 36.4 Å². The molecule has 0 fully saturated rings. The summed E-state index contributed by atoms with van der Waals surface area (Å²) in [7, 11) is 0. The number of amides is 1. The van der Waals surface area contributed by atoms with Gasteiger partial charge in [0.1, 0.15) is 5.69 Å². The van der Waals surface area contributed by atoms with Crippen LogP contribution in [0.5, 0.6) is 0 Å². The SMILES string of the molecule is Cc1cc(C)cc(NC(=O)c2cc(C)nc(NC(C)c3ccccc3)n2)c1. The smallest absolute Gasteiger partial charge is 0.274 e. The van der Waals surface area contributed by atoms with Gasteiger partial charge in [0.2, 0.25) is 5.95 Å². The van der Waals surface area contributed by atoms with Crippen molar-refractivity contribution in [1.82, 2.24) is 9.97 Å². The highest BCUT2D eigenvalue weighted by atomic mass is 16.1. The van der Waals surface area contributed by atoms with Crippen molar-refractivity contribution in [1.29, 1.82) is 0 Å². The van der Waals surface area contributed by atoms with Crippen molar-refractivity contribution in [3.8, 4) is 0 Å². The van der Waals surface area contributed by atoms with E-state index in [0.717, 1.165) is 28.1 Å². The molecular formula is C22H24N4O. The van der Waals surface area contributed by atoms with Gasteiger partial charge in [0.05, 0.1) is 6.04 Å². The molecule has 1 atom stereocenters. The van der Waals surface area contributed by atoms with Gasteiger partial charge in [-0.25, -0.2) is 9.97 Å². The fourth-order valence-corrected chi connectivity index (χ4v) is 3.01. The van der Waals surface area contributed by atoms with E-state index in [1.165, 1.54) is 0 Å². The third-order valence-corrected chi connectivity index (χ3v) is 4.21. The van der Waals surface area contributed by atoms with E-state index in [9.17, 15) is 4.79 Å². The summed E-state index contributed by atoms with van der Waals surface area (Å²) in [5.41, 5.74) is 5.17. The van der Waals surface area contributed by atoms with Gasteiger partial charge in [-0.15, -0.1) is 0 Å². The predicted octanol–water partition coefficient (Wildman–Crippen LogP) is 4.83. The minimum Gasteiger partial charge on any atom is -0.348 e. The highest BCUT2D eigenvalue weighted by Crippen LogP contribution is 2.18. The summed E-state index contributed by atoms with van der Waals surface area (Å²) in [5, 5.41) is 6.20. The van der Waals surface area contributed by atoms with Crippen LogP contribution in [-0.2, 0) is 0 Å². The second kappa shape index (κ2) is 7.99. The molecule has 0 aliphatic heterocycles. The topological polar surface area (TPSA) is 66.9 Å². The largest absolute Gasteiger partial charge is 0.348 e. The first-order valence-electron chi connectivity index (χ1n) is 8.97. The van der Waals surface area contributed by atoms with Gasteiger partial charge in [-0.3, -0.25) is 4.79 Å². The Morgan fingerprint density at radius 2 is 1.59 bits per heavy atom. The molecule has 0 radical (unpaired) electrons. The molecule has 5 heteroatoms. The first-order valence-corrected chi connectivity index (χ1v) is 8.97. The second-order valence-electron chi connectivity index (χ2n) is 6.83. The summed E-state index contributed by atoms with van der Waals surface area (Å²) in [4.78, 5) is 21.5. The number of nitrogens with zero attached hydrogens (tertiary/aromatic N) is 2. The molecule has 0 saturated carbocycles. The molecule has 3 aromatic rings. The Hall–Kier alpha value is -3.21. The number of anilines is 2. The Balaban J connectivity index is 1.79. The van der Waals surface area contributed by atoms with E-state index < -0.39 is 0 Å². The molecule has 138 valence electrons. The van der Waals surface area contributed by atoms with E-state index >= 15 is 0 Å². The molecule has 2 N–H and O–H groups in total. The normalized spacial score (nSPS) is 11.7. The molecule has 5 nitrogen and oxygen atoms in total. The molecule has 0 bridgehead atoms. The van der Waals surface area contributed by atoms with Crippen LogP contribution >= 0.6 is 0 Å². The van der Waals surface area contributed by atoms with Gasteiger partial charge in [0, 0.05) is 11.4 Å². The number of benzene rings is 2. The van der Waals surface area contributed by atoms with Gasteiger partial charge in [-0.05, 0) is 62.6 Å². The number of carbonyl (C=O) groups is 1. The van der Waals surface area contributed by atoms with Crippen molar-refractivity contribution in [2.45, 2.75) is 33.7 Å². The molecule has 1 unspecified atom stereocenters. The lowest BCUT2D eigenvalue weighted by Gasteiger charge is -2.15. The highest BCUT2D eigenvalue weighted by molar-refractivity contribution is 6.03. The van der Waals surface area contributed by atoms with Crippen molar-refractivity contribution < 1.29 is 4.79 Å². The average Bonchev–Trinajstić information content (AvgIpc) is 2.61. The van der Waals surface area contributed by atoms with Gasteiger partial charge < -0.3 is 10.6 Å². The Morgan fingerprint density at radius 3 is 2.26 bits per heavy atom. The lowest BCUT2D eigenvalue weighted by molar-refractivity contribution is 0.102. The number of aromatic nitrogens is 2. The Labute approximate surface area is 159 Å². The first-order chi connectivity index (χ1) is 12.9. The molecule has 0 saturated heterocycles. The number of nitrogens with one attached hydrogen (secondary N) is 2. The van der Waals surface area contributed by atoms with Crippen LogP contribution in [0.2, 0.25) is 0 Å². The monoisotopic (exact) mass is 360 g/mol. The zero-order valence-electron chi connectivity index (χ0n) is 16.1. The van der Waals surface area contributed by atoms with Crippen LogP contribution in [-0.4, -0.2) is 15.9 Å². The fourth-order valence-electron chi connectivity index (χ4n) is 3.01. The Kier molecular flexibility index (Phi) is 5.50. The molecule has 0 spiro atoms. The maximum atomic E-state index is 12.7. The van der Waals surface area contributed by atoms with Crippen LogP contribution in [0, 0.1) is 20.8 Å². The van der Waals surface area contributed by atoms with E-state index in [1.54, 1.807) is 6.07 Å². The summed E-state index contributed by atoms with van der Waals surface area (Å²) in [5.74, 6) is 0.192. The highest BCUT2D eigenvalue weighted by Gasteiger charge is 2.13. The Bertz CT molecular complexity index is 934. The lowest BCUT2D eigenvalue weighted by Crippen LogP contribution is -2.17. The summed E-state index contributed by atoms with van der Waals surface area (Å²) >= 11 is 0. The number of rotatable bonds is 5. The van der Waals surface area contributed by atoms with Crippen LogP contribution in [0.3, 0.4) is 0 Å². The summed E-state index contributed by atoms with van der Waals surface area (Å²) in [6.45, 7) is 7.90. The molecular weight excluding hydrogens is 336 g/mol. The summed E-state index contributed by atoms with van der Waals surface area (Å²) in [6.07, 6.45) is 0. The molecule has 1 heterocycles. The fraction of sp³-hybridized carbons (Fsp3) is 0.227. The van der Waals surface area contributed by atoms with Crippen LogP contribution in [0.25, 0.3) is 0 Å². The molecule has 1 aromatic heterocycles. The minimum atomic E-state index is -0.249. The van der Waals surface area contributed by atoms with E-state index in [1.807, 2.05) is 70.2 Å². The van der Waals surface area contributed by atoms with Crippen molar-refractivity contribution >= 4 is 17.5 Å². The van der Waals surface area contributed by atoms with Crippen LogP contribution < -0.4 is 10.6 Å². The third kappa shape index (κ3) is 4.91. The second-order valence-corrected chi connectivity index (χ2v) is 6.83. The van der Waals surface area contributed by atoms with Gasteiger partial charge in [0.15, 0.2) is 0 Å². The molecule has 1 amide bonds. The zero-order valence-corrected chi connectivity index (χ0v) is 16.1. The zero-order chi connectivity index (χ0) is 19.4. The standard InChI is InChI=1S/C22H24N4O/c1-14-10-15(2)12-19(11-14)25-21(27)20-13-16(3)23-22(26-20)24-17(4)18-8-6-5-7-9-18/h5-13,17H,1-4H3,(H,25,27)(H,23,24,26). The van der Waals surface area contributed by atoms with Gasteiger partial charge >= 0.3 is 0 Å². The van der Waals surface area contributed by atoms with Crippen molar-refractivity contribution in [3.05, 3.63) is 82.7 Å². The predicted molar refractivity (Wildman–Crippen MR) is 109 cm³/mol. The van der Waals surface area contributed by atoms with Crippen molar-refractivity contribution in [2.75, 3.05) is 10.6 Å². The van der Waals surface area contributed by atoms with Crippen molar-refractivity contribution in [3.63, 3.8) is 0 Å². The number of aryl methyl sites for hydroxylation is 3. The number of hydrogen-bond donors (Lipinski definition) is 2. The summed E-state index contributed by atoms with van der Waals surface area (Å²) in [6, 6.07) is 17.7. The van der Waals surface area contributed by atoms with E-state index in [-0.39, 0.29) is 11.9 Å². The summed E-state index contributed by atoms with van der Waals surface area (Å²) < 4.78 is 0. The maximum Gasteiger partial charge on any atom is 0.274 e. The Morgan fingerprint density at radius 1 is 0.926 bits per heavy atom. The molecule has 0 aliphatic carbocycles. The molecule has 3 rings (SSSR count). The lowest BCUT2D eigenvalue weighted by atomic mass is 10.1. The third-order valence-electron chi connectivity index (χ3n) is 4.21. The van der Waals surface area contributed by atoms with Crippen molar-refractivity contribution in [2.24, 2.45) is 0 Å². The maximum absolute atomic E-state index is 12.7. The number of hydrogen-bond acceptors (Lipinski definition) is 4. The molecule has 0 aliphatic rings. The van der Waals surface area contributed by atoms with Gasteiger partial charge in [0.25, 0.3) is 5.91 Å².